The van der Waals surface area contributed by atoms with Crippen molar-refractivity contribution in [3.63, 3.8) is 0 Å². The summed E-state index contributed by atoms with van der Waals surface area (Å²) >= 11 is 0. The normalized spacial score (nSPS) is 29.4. The number of likely N-dealkylation sites (tertiary alicyclic amines) is 1. The van der Waals surface area contributed by atoms with Gasteiger partial charge in [0.15, 0.2) is 0 Å². The minimum atomic E-state index is 0. The van der Waals surface area contributed by atoms with Crippen LogP contribution in [-0.2, 0) is 0 Å². The average Bonchev–Trinajstić information content (AvgIpc) is 2.54. The van der Waals surface area contributed by atoms with Gasteiger partial charge in [-0.1, -0.05) is 19.3 Å². The number of hydrogen-bond donors (Lipinski definition) is 1. The van der Waals surface area contributed by atoms with E-state index in [2.05, 4.69) is 4.90 Å². The van der Waals surface area contributed by atoms with Crippen molar-refractivity contribution in [1.82, 2.24) is 4.90 Å². The van der Waals surface area contributed by atoms with Crippen LogP contribution in [0.1, 0.15) is 38.5 Å². The maximum Gasteiger partial charge on any atom is 0.0180 e. The molecule has 1 saturated heterocycles. The van der Waals surface area contributed by atoms with Crippen LogP contribution < -0.4 is 30.5 Å². The molecule has 1 aliphatic heterocycles. The quantitative estimate of drug-likeness (QED) is 0.499. The van der Waals surface area contributed by atoms with Crippen LogP contribution in [0.2, 0.25) is 0 Å². The van der Waals surface area contributed by atoms with E-state index in [1.807, 2.05) is 0 Å². The Morgan fingerprint density at radius 2 is 1.57 bits per heavy atom. The fourth-order valence-electron chi connectivity index (χ4n) is 2.59. The molecule has 2 rings (SSSR count). The molecule has 0 spiro atoms. The summed E-state index contributed by atoms with van der Waals surface area (Å²) in [6, 6.07) is 1.35. The first-order chi connectivity index (χ1) is 5.86. The van der Waals surface area contributed by atoms with Gasteiger partial charge >= 0.3 is 0 Å². The van der Waals surface area contributed by atoms with Crippen molar-refractivity contribution >= 4 is 0 Å². The summed E-state index contributed by atoms with van der Waals surface area (Å²) in [5.74, 6) is 0. The highest BCUT2D eigenvalue weighted by molar-refractivity contribution is 4.84. The van der Waals surface area contributed by atoms with Gasteiger partial charge in [0.05, 0.1) is 0 Å². The Morgan fingerprint density at radius 3 is 2.07 bits per heavy atom. The minimum absolute atomic E-state index is 0. The molecule has 0 amide bonds. The Hall–Kier alpha value is 0.500. The van der Waals surface area contributed by atoms with Crippen LogP contribution in [0.3, 0.4) is 0 Å². The summed E-state index contributed by atoms with van der Waals surface area (Å²) in [7, 11) is 0. The van der Waals surface area contributed by atoms with Crippen molar-refractivity contribution in [2.24, 2.45) is 5.73 Å². The average molecular weight is 239 g/mol. The monoisotopic (exact) mass is 238 g/mol. The molecule has 14 heavy (non-hydrogen) atoms. The summed E-state index contributed by atoms with van der Waals surface area (Å²) in [4.78, 5) is 2.61. The Balaban J connectivity index is 0.000000845. The first-order valence-electron chi connectivity index (χ1n) is 5.36. The third-order valence-electron chi connectivity index (χ3n) is 3.35. The lowest BCUT2D eigenvalue weighted by molar-refractivity contribution is -0.001000. The number of halogens is 2. The lowest BCUT2D eigenvalue weighted by Crippen LogP contribution is -3.00. The molecule has 4 heteroatoms. The fraction of sp³-hybridized carbons (Fsp3) is 1.00. The topological polar surface area (TPSA) is 29.3 Å². The van der Waals surface area contributed by atoms with Crippen LogP contribution in [0.5, 0.6) is 0 Å². The van der Waals surface area contributed by atoms with E-state index in [-0.39, 0.29) is 24.8 Å². The van der Waals surface area contributed by atoms with Gasteiger partial charge in [-0.05, 0) is 19.3 Å². The Labute approximate surface area is 99.4 Å². The Morgan fingerprint density at radius 1 is 0.929 bits per heavy atom. The summed E-state index contributed by atoms with van der Waals surface area (Å²) in [6.07, 6.45) is 8.40. The second-order valence-corrected chi connectivity index (χ2v) is 4.34. The molecule has 0 aromatic heterocycles. The van der Waals surface area contributed by atoms with Gasteiger partial charge in [-0.3, -0.25) is 4.90 Å². The third-order valence-corrected chi connectivity index (χ3v) is 3.35. The zero-order valence-electron chi connectivity index (χ0n) is 8.59. The lowest BCUT2D eigenvalue weighted by Gasteiger charge is -2.30. The zero-order valence-corrected chi connectivity index (χ0v) is 10.1. The Bertz CT molecular complexity index is 146. The van der Waals surface area contributed by atoms with Gasteiger partial charge in [0.1, 0.15) is 0 Å². The van der Waals surface area contributed by atoms with Gasteiger partial charge in [-0.15, -0.1) is 0 Å². The third kappa shape index (κ3) is 3.58. The molecule has 2 nitrogen and oxygen atoms in total. The first kappa shape index (κ1) is 14.5. The van der Waals surface area contributed by atoms with Gasteiger partial charge in [0, 0.05) is 25.2 Å². The fourth-order valence-corrected chi connectivity index (χ4v) is 2.59. The van der Waals surface area contributed by atoms with Gasteiger partial charge in [0.2, 0.25) is 0 Å². The van der Waals surface area contributed by atoms with Crippen LogP contribution in [0.4, 0.5) is 0 Å². The van der Waals surface area contributed by atoms with Gasteiger partial charge in [-0.2, -0.15) is 0 Å². The second-order valence-electron chi connectivity index (χ2n) is 4.34. The summed E-state index contributed by atoms with van der Waals surface area (Å²) in [5, 5.41) is 0. The molecule has 0 aromatic rings. The van der Waals surface area contributed by atoms with Crippen molar-refractivity contribution in [2.75, 3.05) is 13.1 Å². The van der Waals surface area contributed by atoms with Crippen molar-refractivity contribution in [3.8, 4) is 0 Å². The standard InChI is InChI=1S/C10H20N2.2ClH/c11-9-6-7-12(8-9)10-4-2-1-3-5-10;;/h9-10H,1-8,11H2;2*1H/p-2. The molecule has 1 aliphatic carbocycles. The summed E-state index contributed by atoms with van der Waals surface area (Å²) < 4.78 is 0. The summed E-state index contributed by atoms with van der Waals surface area (Å²) in [5.41, 5.74) is 5.89. The molecule has 1 atom stereocenters. The van der Waals surface area contributed by atoms with E-state index in [1.54, 1.807) is 0 Å². The molecular weight excluding hydrogens is 219 g/mol. The van der Waals surface area contributed by atoms with E-state index in [0.717, 1.165) is 12.6 Å². The molecule has 0 radical (unpaired) electrons. The maximum atomic E-state index is 5.89. The molecule has 86 valence electrons. The van der Waals surface area contributed by atoms with Crippen LogP contribution >= 0.6 is 0 Å². The van der Waals surface area contributed by atoms with Crippen molar-refractivity contribution in [2.45, 2.75) is 50.6 Å². The smallest absolute Gasteiger partial charge is 0.0180 e. The number of nitrogens with two attached hydrogens (primary N) is 1. The highest BCUT2D eigenvalue weighted by Crippen LogP contribution is 2.24. The minimum Gasteiger partial charge on any atom is -1.00 e. The molecule has 1 unspecified atom stereocenters. The number of nitrogens with zero attached hydrogens (tertiary/aromatic N) is 1. The molecule has 1 heterocycles. The van der Waals surface area contributed by atoms with E-state index < -0.39 is 0 Å². The van der Waals surface area contributed by atoms with Crippen molar-refractivity contribution in [1.29, 1.82) is 0 Å². The molecule has 1 saturated carbocycles. The van der Waals surface area contributed by atoms with E-state index in [9.17, 15) is 0 Å². The highest BCUT2D eigenvalue weighted by atomic mass is 35.5. The predicted octanol–water partition coefficient (Wildman–Crippen LogP) is -4.64. The largest absolute Gasteiger partial charge is 1.00 e. The Kier molecular flexibility index (Phi) is 7.13. The molecule has 0 bridgehead atoms. The molecular formula is C10H20Cl2N2-2. The number of hydrogen-bond acceptors (Lipinski definition) is 2. The van der Waals surface area contributed by atoms with Gasteiger partial charge in [0.25, 0.3) is 0 Å². The van der Waals surface area contributed by atoms with E-state index in [1.165, 1.54) is 45.1 Å². The van der Waals surface area contributed by atoms with Crippen molar-refractivity contribution in [3.05, 3.63) is 0 Å². The lowest BCUT2D eigenvalue weighted by atomic mass is 9.94. The van der Waals surface area contributed by atoms with Gasteiger partial charge < -0.3 is 30.5 Å². The van der Waals surface area contributed by atoms with Crippen LogP contribution in [0.25, 0.3) is 0 Å². The van der Waals surface area contributed by atoms with E-state index in [4.69, 9.17) is 5.73 Å². The summed E-state index contributed by atoms with van der Waals surface area (Å²) in [6.45, 7) is 2.41. The molecule has 2 fully saturated rings. The van der Waals surface area contributed by atoms with Crippen molar-refractivity contribution < 1.29 is 24.8 Å². The molecule has 2 aliphatic rings. The van der Waals surface area contributed by atoms with Crippen LogP contribution in [0.15, 0.2) is 0 Å². The SMILES string of the molecule is NC1CCN(C2CCCCC2)C1.[Cl-].[Cl-]. The number of rotatable bonds is 1. The second kappa shape index (κ2) is 6.89. The van der Waals surface area contributed by atoms with Gasteiger partial charge in [-0.25, -0.2) is 0 Å². The highest BCUT2D eigenvalue weighted by Gasteiger charge is 2.26. The maximum absolute atomic E-state index is 5.89. The first-order valence-corrected chi connectivity index (χ1v) is 5.36. The van der Waals surface area contributed by atoms with E-state index in [0.29, 0.717) is 6.04 Å². The predicted molar refractivity (Wildman–Crippen MR) is 51.0 cm³/mol. The zero-order chi connectivity index (χ0) is 8.39. The van der Waals surface area contributed by atoms with Crippen LogP contribution in [-0.4, -0.2) is 30.1 Å². The van der Waals surface area contributed by atoms with E-state index >= 15 is 0 Å². The van der Waals surface area contributed by atoms with Crippen LogP contribution in [0, 0.1) is 0 Å². The molecule has 2 N–H and O–H groups in total. The molecule has 0 aromatic carbocycles.